The van der Waals surface area contributed by atoms with Crippen LogP contribution in [0.5, 0.6) is 0 Å². The number of rotatable bonds is 8. The minimum Gasteiger partial charge on any atom is -0.293 e. The second-order valence-electron chi connectivity index (χ2n) is 7.30. The van der Waals surface area contributed by atoms with E-state index in [1.807, 2.05) is 37.3 Å². The Hall–Kier alpha value is -3.04. The molecule has 0 aliphatic carbocycles. The lowest BCUT2D eigenvalue weighted by Crippen LogP contribution is -2.41. The second-order valence-corrected chi connectivity index (χ2v) is 8.97. The van der Waals surface area contributed by atoms with Crippen molar-refractivity contribution in [2.45, 2.75) is 32.6 Å². The van der Waals surface area contributed by atoms with Crippen molar-refractivity contribution in [3.8, 4) is 0 Å². The standard InChI is InChI=1S/C23H24N4O3S2/c1-16-8-10-17(11-9-16)14-19-22(30)27(23(31)32-19)13-4-2-3-7-20(28)25-26-21(29)18-6-5-12-24-15-18/h5-6,8-12,14-15H,2-4,7,13H2,1H3,(H,25,28)(H,26,29). The first kappa shape index (κ1) is 23.6. The zero-order chi connectivity index (χ0) is 22.9. The number of carbonyl (C=O) groups is 3. The normalized spacial score (nSPS) is 14.7. The second kappa shape index (κ2) is 11.5. The van der Waals surface area contributed by atoms with Crippen LogP contribution in [0.25, 0.3) is 6.08 Å². The van der Waals surface area contributed by atoms with E-state index in [0.717, 1.165) is 18.4 Å². The number of hydrazine groups is 1. The highest BCUT2D eigenvalue weighted by Gasteiger charge is 2.31. The van der Waals surface area contributed by atoms with Gasteiger partial charge in [-0.05, 0) is 43.5 Å². The molecule has 0 saturated carbocycles. The summed E-state index contributed by atoms with van der Waals surface area (Å²) in [7, 11) is 0. The molecule has 2 N–H and O–H groups in total. The van der Waals surface area contributed by atoms with Gasteiger partial charge in [-0.2, -0.15) is 0 Å². The van der Waals surface area contributed by atoms with Crippen LogP contribution in [0.1, 0.15) is 47.2 Å². The zero-order valence-corrected chi connectivity index (χ0v) is 19.3. The van der Waals surface area contributed by atoms with Crippen LogP contribution in [0.4, 0.5) is 0 Å². The van der Waals surface area contributed by atoms with Crippen molar-refractivity contribution in [3.63, 3.8) is 0 Å². The lowest BCUT2D eigenvalue weighted by molar-refractivity contribution is -0.123. The summed E-state index contributed by atoms with van der Waals surface area (Å²) in [5.74, 6) is -0.759. The van der Waals surface area contributed by atoms with E-state index in [9.17, 15) is 14.4 Å². The van der Waals surface area contributed by atoms with Crippen molar-refractivity contribution >= 4 is 52.1 Å². The largest absolute Gasteiger partial charge is 0.293 e. The van der Waals surface area contributed by atoms with Crippen LogP contribution in [0.3, 0.4) is 0 Å². The van der Waals surface area contributed by atoms with E-state index in [1.54, 1.807) is 23.2 Å². The van der Waals surface area contributed by atoms with Crippen LogP contribution in [-0.4, -0.2) is 38.5 Å². The van der Waals surface area contributed by atoms with E-state index in [1.165, 1.54) is 23.5 Å². The Morgan fingerprint density at radius 1 is 1.12 bits per heavy atom. The van der Waals surface area contributed by atoms with Gasteiger partial charge in [0.1, 0.15) is 4.32 Å². The Kier molecular flexibility index (Phi) is 8.52. The van der Waals surface area contributed by atoms with Gasteiger partial charge in [-0.1, -0.05) is 60.2 Å². The monoisotopic (exact) mass is 468 g/mol. The van der Waals surface area contributed by atoms with Crippen molar-refractivity contribution in [1.29, 1.82) is 0 Å². The van der Waals surface area contributed by atoms with Gasteiger partial charge in [0.2, 0.25) is 5.91 Å². The van der Waals surface area contributed by atoms with E-state index in [2.05, 4.69) is 15.8 Å². The fraction of sp³-hybridized carbons (Fsp3) is 0.261. The van der Waals surface area contributed by atoms with Gasteiger partial charge in [0.15, 0.2) is 0 Å². The number of amides is 3. The molecule has 3 rings (SSSR count). The molecule has 0 bridgehead atoms. The molecule has 0 atom stereocenters. The van der Waals surface area contributed by atoms with Gasteiger partial charge in [-0.25, -0.2) is 0 Å². The third-order valence-corrected chi connectivity index (χ3v) is 6.15. The molecular weight excluding hydrogens is 444 g/mol. The van der Waals surface area contributed by atoms with Crippen molar-refractivity contribution in [2.75, 3.05) is 6.54 Å². The molecule has 3 amide bonds. The summed E-state index contributed by atoms with van der Waals surface area (Å²) in [6.07, 6.45) is 7.27. The molecule has 1 aromatic heterocycles. The third-order valence-electron chi connectivity index (χ3n) is 4.77. The molecule has 9 heteroatoms. The molecule has 1 aromatic carbocycles. The fourth-order valence-corrected chi connectivity index (χ4v) is 4.31. The van der Waals surface area contributed by atoms with Crippen LogP contribution < -0.4 is 10.9 Å². The minimum absolute atomic E-state index is 0.0727. The number of carbonyl (C=O) groups excluding carboxylic acids is 3. The Morgan fingerprint density at radius 2 is 1.91 bits per heavy atom. The molecule has 1 fully saturated rings. The van der Waals surface area contributed by atoms with Crippen LogP contribution in [-0.2, 0) is 9.59 Å². The molecule has 166 valence electrons. The van der Waals surface area contributed by atoms with Gasteiger partial charge < -0.3 is 0 Å². The highest BCUT2D eigenvalue weighted by atomic mass is 32.2. The highest BCUT2D eigenvalue weighted by molar-refractivity contribution is 8.26. The van der Waals surface area contributed by atoms with Gasteiger partial charge in [0.05, 0.1) is 10.5 Å². The average molecular weight is 469 g/mol. The molecule has 0 radical (unpaired) electrons. The Morgan fingerprint density at radius 3 is 2.62 bits per heavy atom. The van der Waals surface area contributed by atoms with Crippen LogP contribution >= 0.6 is 24.0 Å². The number of hydrogen-bond acceptors (Lipinski definition) is 6. The SMILES string of the molecule is Cc1ccc(C=C2SC(=S)N(CCCCCC(=O)NNC(=O)c3cccnc3)C2=O)cc1. The van der Waals surface area contributed by atoms with Gasteiger partial charge in [0, 0.05) is 25.4 Å². The molecule has 1 saturated heterocycles. The van der Waals surface area contributed by atoms with Crippen molar-refractivity contribution < 1.29 is 14.4 Å². The topological polar surface area (TPSA) is 91.4 Å². The number of hydrogen-bond donors (Lipinski definition) is 2. The van der Waals surface area contributed by atoms with E-state index in [4.69, 9.17) is 12.2 Å². The summed E-state index contributed by atoms with van der Waals surface area (Å²) in [4.78, 5) is 42.5. The first-order valence-electron chi connectivity index (χ1n) is 10.3. The minimum atomic E-state index is -0.417. The Bertz CT molecular complexity index is 1020. The number of aryl methyl sites for hydroxylation is 1. The molecule has 0 unspecified atom stereocenters. The number of aromatic nitrogens is 1. The van der Waals surface area contributed by atoms with Crippen LogP contribution in [0.15, 0.2) is 53.7 Å². The van der Waals surface area contributed by atoms with Gasteiger partial charge in [-0.15, -0.1) is 0 Å². The lowest BCUT2D eigenvalue weighted by Gasteiger charge is -2.14. The fourth-order valence-electron chi connectivity index (χ4n) is 3.00. The molecule has 32 heavy (non-hydrogen) atoms. The summed E-state index contributed by atoms with van der Waals surface area (Å²) in [6.45, 7) is 2.54. The summed E-state index contributed by atoms with van der Waals surface area (Å²) in [5, 5.41) is 0. The molecule has 0 spiro atoms. The molecular formula is C23H24N4O3S2. The maximum Gasteiger partial charge on any atom is 0.271 e. The maximum atomic E-state index is 12.7. The number of thiocarbonyl (C=S) groups is 1. The van der Waals surface area contributed by atoms with Crippen LogP contribution in [0.2, 0.25) is 0 Å². The first-order valence-corrected chi connectivity index (χ1v) is 11.5. The molecule has 1 aliphatic rings. The molecule has 2 aromatic rings. The van der Waals surface area contributed by atoms with E-state index < -0.39 is 5.91 Å². The quantitative estimate of drug-likeness (QED) is 0.266. The van der Waals surface area contributed by atoms with Crippen molar-refractivity contribution in [2.24, 2.45) is 0 Å². The van der Waals surface area contributed by atoms with Gasteiger partial charge in [0.25, 0.3) is 11.8 Å². The number of thioether (sulfide) groups is 1. The predicted molar refractivity (Wildman–Crippen MR) is 129 cm³/mol. The summed E-state index contributed by atoms with van der Waals surface area (Å²) in [5.41, 5.74) is 7.27. The highest BCUT2D eigenvalue weighted by Crippen LogP contribution is 2.32. The Balaban J connectivity index is 1.36. The smallest absolute Gasteiger partial charge is 0.271 e. The van der Waals surface area contributed by atoms with E-state index in [-0.39, 0.29) is 18.2 Å². The maximum absolute atomic E-state index is 12.7. The summed E-state index contributed by atoms with van der Waals surface area (Å²) < 4.78 is 0.559. The number of benzene rings is 1. The third kappa shape index (κ3) is 6.73. The Labute approximate surface area is 196 Å². The number of pyridine rings is 1. The summed E-state index contributed by atoms with van der Waals surface area (Å²) in [6, 6.07) is 11.2. The zero-order valence-electron chi connectivity index (χ0n) is 17.7. The van der Waals surface area contributed by atoms with Crippen LogP contribution in [0, 0.1) is 6.92 Å². The predicted octanol–water partition coefficient (Wildman–Crippen LogP) is 3.61. The van der Waals surface area contributed by atoms with Gasteiger partial charge >= 0.3 is 0 Å². The summed E-state index contributed by atoms with van der Waals surface area (Å²) >= 11 is 6.69. The van der Waals surface area contributed by atoms with E-state index >= 15 is 0 Å². The van der Waals surface area contributed by atoms with Gasteiger partial charge in [-0.3, -0.25) is 35.1 Å². The molecule has 7 nitrogen and oxygen atoms in total. The molecule has 2 heterocycles. The molecule has 1 aliphatic heterocycles. The first-order chi connectivity index (χ1) is 15.4. The van der Waals surface area contributed by atoms with E-state index in [0.29, 0.717) is 27.8 Å². The van der Waals surface area contributed by atoms with Crippen molar-refractivity contribution in [1.82, 2.24) is 20.7 Å². The number of nitrogens with zero attached hydrogens (tertiary/aromatic N) is 2. The average Bonchev–Trinajstić information content (AvgIpc) is 3.06. The van der Waals surface area contributed by atoms with Crippen molar-refractivity contribution in [3.05, 3.63) is 70.4 Å². The number of nitrogens with one attached hydrogen (secondary N) is 2. The lowest BCUT2D eigenvalue weighted by atomic mass is 10.1. The number of unbranched alkanes of at least 4 members (excludes halogenated alkanes) is 2.